The monoisotopic (exact) mass is 278 g/mol. The van der Waals surface area contributed by atoms with Gasteiger partial charge in [-0.2, -0.15) is 0 Å². The molecule has 0 bridgehead atoms. The molecule has 0 aliphatic heterocycles. The normalized spacial score (nSPS) is 12.9. The van der Waals surface area contributed by atoms with Crippen molar-refractivity contribution in [3.05, 3.63) is 0 Å². The summed E-state index contributed by atoms with van der Waals surface area (Å²) < 4.78 is 24.6. The standard InChI is InChI=1S/C9H18N4O2S2/c1-9(2,3)17(14,15)6-5-16-8-12-11-7(10)13(8)4/h5-6H2,1-4H3,(H2,10,11). The first-order valence-corrected chi connectivity index (χ1v) is 7.79. The lowest BCUT2D eigenvalue weighted by atomic mass is 10.3. The molecule has 6 nitrogen and oxygen atoms in total. The van der Waals surface area contributed by atoms with Crippen molar-refractivity contribution < 1.29 is 8.42 Å². The summed E-state index contributed by atoms with van der Waals surface area (Å²) in [5.74, 6) is 0.894. The molecule has 1 rings (SSSR count). The minimum Gasteiger partial charge on any atom is -0.368 e. The molecule has 0 atom stereocenters. The van der Waals surface area contributed by atoms with Crippen molar-refractivity contribution in [2.24, 2.45) is 7.05 Å². The van der Waals surface area contributed by atoms with Gasteiger partial charge in [-0.25, -0.2) is 8.42 Å². The second kappa shape index (κ2) is 4.85. The van der Waals surface area contributed by atoms with E-state index >= 15 is 0 Å². The second-order valence-corrected chi connectivity index (χ2v) is 8.60. The van der Waals surface area contributed by atoms with Crippen LogP contribution in [-0.4, -0.2) is 39.4 Å². The molecule has 17 heavy (non-hydrogen) atoms. The van der Waals surface area contributed by atoms with E-state index in [9.17, 15) is 8.42 Å². The number of nitrogens with zero attached hydrogens (tertiary/aromatic N) is 3. The smallest absolute Gasteiger partial charge is 0.222 e. The SMILES string of the molecule is Cn1c(N)nnc1SCCS(=O)(=O)C(C)(C)C. The highest BCUT2D eigenvalue weighted by Gasteiger charge is 2.28. The van der Waals surface area contributed by atoms with E-state index in [-0.39, 0.29) is 5.75 Å². The summed E-state index contributed by atoms with van der Waals surface area (Å²) in [5, 5.41) is 8.18. The average Bonchev–Trinajstić information content (AvgIpc) is 2.47. The van der Waals surface area contributed by atoms with Crippen molar-refractivity contribution in [1.82, 2.24) is 14.8 Å². The van der Waals surface area contributed by atoms with Crippen LogP contribution in [0.15, 0.2) is 5.16 Å². The Hall–Kier alpha value is -0.760. The number of rotatable bonds is 4. The molecule has 2 N–H and O–H groups in total. The van der Waals surface area contributed by atoms with Crippen molar-refractivity contribution in [3.8, 4) is 0 Å². The molecular weight excluding hydrogens is 260 g/mol. The van der Waals surface area contributed by atoms with E-state index in [4.69, 9.17) is 5.73 Å². The summed E-state index contributed by atoms with van der Waals surface area (Å²) in [6.45, 7) is 5.11. The van der Waals surface area contributed by atoms with Crippen molar-refractivity contribution in [1.29, 1.82) is 0 Å². The van der Waals surface area contributed by atoms with Crippen LogP contribution in [0.25, 0.3) is 0 Å². The third kappa shape index (κ3) is 3.35. The molecule has 8 heteroatoms. The maximum Gasteiger partial charge on any atom is 0.222 e. The Balaban J connectivity index is 2.58. The largest absolute Gasteiger partial charge is 0.368 e. The number of nitrogens with two attached hydrogens (primary N) is 1. The number of nitrogen functional groups attached to an aromatic ring is 1. The zero-order valence-electron chi connectivity index (χ0n) is 10.5. The fourth-order valence-corrected chi connectivity index (χ4v) is 3.39. The number of thioether (sulfide) groups is 1. The Morgan fingerprint density at radius 1 is 1.35 bits per heavy atom. The minimum absolute atomic E-state index is 0.119. The van der Waals surface area contributed by atoms with Crippen LogP contribution in [0.4, 0.5) is 5.95 Å². The highest BCUT2D eigenvalue weighted by atomic mass is 32.2. The van der Waals surface area contributed by atoms with E-state index in [0.717, 1.165) is 0 Å². The third-order valence-corrected chi connectivity index (χ3v) is 6.27. The van der Waals surface area contributed by atoms with E-state index in [1.807, 2.05) is 0 Å². The van der Waals surface area contributed by atoms with E-state index < -0.39 is 14.6 Å². The summed E-state index contributed by atoms with van der Waals surface area (Å²) in [6, 6.07) is 0. The van der Waals surface area contributed by atoms with Crippen LogP contribution >= 0.6 is 11.8 Å². The van der Waals surface area contributed by atoms with Crippen LogP contribution in [0.3, 0.4) is 0 Å². The molecule has 1 heterocycles. The molecule has 1 aromatic heterocycles. The Morgan fingerprint density at radius 2 is 1.94 bits per heavy atom. The van der Waals surface area contributed by atoms with Crippen LogP contribution in [0, 0.1) is 0 Å². The third-order valence-electron chi connectivity index (χ3n) is 2.38. The summed E-state index contributed by atoms with van der Waals surface area (Å²) in [5.41, 5.74) is 5.53. The molecule has 0 spiro atoms. The lowest BCUT2D eigenvalue weighted by molar-refractivity contribution is 0.562. The highest BCUT2D eigenvalue weighted by Crippen LogP contribution is 2.20. The average molecular weight is 278 g/mol. The number of aromatic nitrogens is 3. The van der Waals surface area contributed by atoms with Gasteiger partial charge in [-0.05, 0) is 20.8 Å². The molecule has 0 unspecified atom stereocenters. The number of hydrogen-bond acceptors (Lipinski definition) is 6. The molecule has 0 saturated carbocycles. The first-order chi connectivity index (χ1) is 7.65. The zero-order chi connectivity index (χ0) is 13.3. The molecule has 0 amide bonds. The van der Waals surface area contributed by atoms with Crippen LogP contribution < -0.4 is 5.73 Å². The van der Waals surface area contributed by atoms with Crippen LogP contribution in [0.5, 0.6) is 0 Å². The summed E-state index contributed by atoms with van der Waals surface area (Å²) in [7, 11) is -1.34. The van der Waals surface area contributed by atoms with Gasteiger partial charge in [0.2, 0.25) is 5.95 Å². The molecule has 98 valence electrons. The zero-order valence-corrected chi connectivity index (χ0v) is 12.1. The van der Waals surface area contributed by atoms with E-state index in [1.54, 1.807) is 32.4 Å². The van der Waals surface area contributed by atoms with Gasteiger partial charge in [-0.15, -0.1) is 10.2 Å². The van der Waals surface area contributed by atoms with Crippen molar-refractivity contribution in [2.45, 2.75) is 30.7 Å². The maximum atomic E-state index is 11.9. The lowest BCUT2D eigenvalue weighted by Gasteiger charge is -2.18. The van der Waals surface area contributed by atoms with Gasteiger partial charge in [0.1, 0.15) is 0 Å². The van der Waals surface area contributed by atoms with E-state index in [1.165, 1.54) is 11.8 Å². The Bertz CT molecular complexity index is 488. The number of hydrogen-bond donors (Lipinski definition) is 1. The summed E-state index contributed by atoms with van der Waals surface area (Å²) in [4.78, 5) is 0. The molecule has 0 aliphatic carbocycles. The van der Waals surface area contributed by atoms with Gasteiger partial charge in [-0.1, -0.05) is 11.8 Å². The Kier molecular flexibility index (Phi) is 4.08. The molecule has 0 fully saturated rings. The molecule has 0 aromatic carbocycles. The van der Waals surface area contributed by atoms with Crippen molar-refractivity contribution >= 4 is 27.5 Å². The minimum atomic E-state index is -3.08. The van der Waals surface area contributed by atoms with Gasteiger partial charge in [0.05, 0.1) is 10.5 Å². The quantitative estimate of drug-likeness (QED) is 0.815. The first-order valence-electron chi connectivity index (χ1n) is 5.15. The van der Waals surface area contributed by atoms with Crippen LogP contribution in [0.1, 0.15) is 20.8 Å². The number of anilines is 1. The molecular formula is C9H18N4O2S2. The van der Waals surface area contributed by atoms with Crippen LogP contribution in [0.2, 0.25) is 0 Å². The second-order valence-electron chi connectivity index (χ2n) is 4.68. The fourth-order valence-electron chi connectivity index (χ4n) is 1.00. The maximum absolute atomic E-state index is 11.9. The topological polar surface area (TPSA) is 90.9 Å². The predicted octanol–water partition coefficient (Wildman–Crippen LogP) is 0.703. The van der Waals surface area contributed by atoms with Gasteiger partial charge in [0, 0.05) is 12.8 Å². The van der Waals surface area contributed by atoms with Crippen molar-refractivity contribution in [2.75, 3.05) is 17.2 Å². The molecule has 0 aliphatic rings. The predicted molar refractivity (Wildman–Crippen MR) is 69.7 cm³/mol. The highest BCUT2D eigenvalue weighted by molar-refractivity contribution is 8.00. The lowest BCUT2D eigenvalue weighted by Crippen LogP contribution is -2.31. The van der Waals surface area contributed by atoms with Gasteiger partial charge in [-0.3, -0.25) is 4.57 Å². The Labute approximate surface area is 106 Å². The molecule has 0 saturated heterocycles. The van der Waals surface area contributed by atoms with Gasteiger partial charge in [0.15, 0.2) is 15.0 Å². The van der Waals surface area contributed by atoms with E-state index in [2.05, 4.69) is 10.2 Å². The summed E-state index contributed by atoms with van der Waals surface area (Å²) >= 11 is 1.34. The van der Waals surface area contributed by atoms with Crippen LogP contribution in [-0.2, 0) is 16.9 Å². The molecule has 0 radical (unpaired) electrons. The van der Waals surface area contributed by atoms with Gasteiger partial charge >= 0.3 is 0 Å². The van der Waals surface area contributed by atoms with Gasteiger partial charge < -0.3 is 5.73 Å². The number of sulfone groups is 1. The Morgan fingerprint density at radius 3 is 2.35 bits per heavy atom. The molecule has 1 aromatic rings. The van der Waals surface area contributed by atoms with E-state index in [0.29, 0.717) is 16.9 Å². The first kappa shape index (κ1) is 14.3. The van der Waals surface area contributed by atoms with Crippen molar-refractivity contribution in [3.63, 3.8) is 0 Å². The fraction of sp³-hybridized carbons (Fsp3) is 0.778. The van der Waals surface area contributed by atoms with Gasteiger partial charge in [0.25, 0.3) is 0 Å². The summed E-state index contributed by atoms with van der Waals surface area (Å²) in [6.07, 6.45) is 0.